The number of benzene rings is 1. The van der Waals surface area contributed by atoms with E-state index in [9.17, 15) is 24.3 Å². The van der Waals surface area contributed by atoms with Gasteiger partial charge in [-0.15, -0.1) is 0 Å². The highest BCUT2D eigenvalue weighted by Crippen LogP contribution is 2.41. The lowest BCUT2D eigenvalue weighted by molar-refractivity contribution is -0.172. The Morgan fingerprint density at radius 2 is 1.95 bits per heavy atom. The van der Waals surface area contributed by atoms with Gasteiger partial charge in [-0.3, -0.25) is 9.59 Å². The van der Waals surface area contributed by atoms with Crippen molar-refractivity contribution in [2.45, 2.75) is 51.6 Å². The fourth-order valence-corrected chi connectivity index (χ4v) is 5.39. The van der Waals surface area contributed by atoms with Gasteiger partial charge in [0.2, 0.25) is 0 Å². The van der Waals surface area contributed by atoms with E-state index in [4.69, 9.17) is 24.9 Å². The molecule has 228 valence electrons. The Bertz CT molecular complexity index is 1700. The van der Waals surface area contributed by atoms with Gasteiger partial charge in [-0.2, -0.15) is 0 Å². The highest BCUT2D eigenvalue weighted by molar-refractivity contribution is 5.90. The van der Waals surface area contributed by atoms with Crippen LogP contribution in [0.4, 0.5) is 4.79 Å². The molecule has 0 bridgehead atoms. The third kappa shape index (κ3) is 5.35. The van der Waals surface area contributed by atoms with E-state index in [1.54, 1.807) is 35.8 Å². The first kappa shape index (κ1) is 30.1. The Balaban J connectivity index is 1.51. The number of rotatable bonds is 8. The first-order valence-electron chi connectivity index (χ1n) is 14.0. The zero-order chi connectivity index (χ0) is 31.2. The number of hydrogen-bond acceptors (Lipinski definition) is 11. The fraction of sp³-hybridized carbons (Fsp3) is 0.433. The standard InChI is InChI=1S/C30H35N5O8/c1-6-30(40)22-12-24-25-20(14-35(24)26(36)21(22)15-42-28(30)38)19(13-33(3)4)18-11-17(7-8-23(18)32-25)43-29(39)34(5)9-10-41-27(37)16(2)31/h7-8,11-12,16,40H,6,9-10,13-15,31H2,1-5H3/t16?,30-/m0/s1. The van der Waals surface area contributed by atoms with Crippen LogP contribution in [0.25, 0.3) is 22.3 Å². The molecule has 3 aromatic rings. The molecule has 0 radical (unpaired) electrons. The van der Waals surface area contributed by atoms with Crippen molar-refractivity contribution in [2.24, 2.45) is 5.73 Å². The summed E-state index contributed by atoms with van der Waals surface area (Å²) in [5, 5.41) is 11.9. The van der Waals surface area contributed by atoms with Crippen LogP contribution < -0.4 is 16.0 Å². The molecule has 0 saturated carbocycles. The number of aromatic nitrogens is 2. The first-order valence-corrected chi connectivity index (χ1v) is 14.0. The van der Waals surface area contributed by atoms with Crippen LogP contribution >= 0.6 is 0 Å². The first-order chi connectivity index (χ1) is 20.3. The van der Waals surface area contributed by atoms with Crippen molar-refractivity contribution in [3.8, 4) is 17.1 Å². The molecule has 1 amide bonds. The van der Waals surface area contributed by atoms with Crippen molar-refractivity contribution in [2.75, 3.05) is 34.3 Å². The fourth-order valence-electron chi connectivity index (χ4n) is 5.39. The van der Waals surface area contributed by atoms with Crippen LogP contribution in [0.3, 0.4) is 0 Å². The molecule has 0 spiro atoms. The Morgan fingerprint density at radius 3 is 2.63 bits per heavy atom. The summed E-state index contributed by atoms with van der Waals surface area (Å²) in [6.07, 6.45) is -0.579. The lowest BCUT2D eigenvalue weighted by atomic mass is 9.86. The Morgan fingerprint density at radius 1 is 1.21 bits per heavy atom. The van der Waals surface area contributed by atoms with Crippen molar-refractivity contribution < 1.29 is 33.7 Å². The van der Waals surface area contributed by atoms with Gasteiger partial charge >= 0.3 is 18.0 Å². The smallest absolute Gasteiger partial charge is 0.415 e. The summed E-state index contributed by atoms with van der Waals surface area (Å²) in [6.45, 7) is 3.82. The summed E-state index contributed by atoms with van der Waals surface area (Å²) in [5.41, 5.74) is 7.20. The second-order valence-corrected chi connectivity index (χ2v) is 11.2. The minimum absolute atomic E-state index is 0.0218. The van der Waals surface area contributed by atoms with Gasteiger partial charge in [0.15, 0.2) is 5.60 Å². The SMILES string of the molecule is CC[C@@]1(O)C(=O)OCc2c1cc1n(c2=O)Cc2c-1nc1ccc(OC(=O)N(C)CCOC(=O)C(C)N)cc1c2CN(C)C. The third-order valence-electron chi connectivity index (χ3n) is 7.81. The maximum Gasteiger partial charge on any atom is 0.415 e. The van der Waals surface area contributed by atoms with Crippen LogP contribution in [0.5, 0.6) is 5.75 Å². The monoisotopic (exact) mass is 593 g/mol. The molecule has 0 fully saturated rings. The van der Waals surface area contributed by atoms with Crippen molar-refractivity contribution in [3.63, 3.8) is 0 Å². The molecule has 2 atom stereocenters. The topological polar surface area (TPSA) is 167 Å². The van der Waals surface area contributed by atoms with E-state index in [1.807, 2.05) is 19.0 Å². The van der Waals surface area contributed by atoms with Crippen molar-refractivity contribution >= 4 is 28.9 Å². The molecule has 13 heteroatoms. The van der Waals surface area contributed by atoms with Gasteiger partial charge in [0.05, 0.1) is 35.6 Å². The highest BCUT2D eigenvalue weighted by atomic mass is 16.6. The molecule has 5 rings (SSSR count). The van der Waals surface area contributed by atoms with Crippen LogP contribution in [0, 0.1) is 0 Å². The quantitative estimate of drug-likeness (QED) is 0.284. The Labute approximate surface area is 247 Å². The van der Waals surface area contributed by atoms with Gasteiger partial charge in [0.1, 0.15) is 25.0 Å². The number of amides is 1. The molecule has 13 nitrogen and oxygen atoms in total. The lowest BCUT2D eigenvalue weighted by Gasteiger charge is -2.31. The van der Waals surface area contributed by atoms with E-state index in [2.05, 4.69) is 0 Å². The molecule has 2 aromatic heterocycles. The molecule has 2 aliphatic heterocycles. The average Bonchev–Trinajstić information content (AvgIpc) is 3.33. The number of carbonyl (C=O) groups is 3. The number of esters is 2. The second kappa shape index (κ2) is 11.4. The molecule has 3 N–H and O–H groups in total. The molecule has 4 heterocycles. The normalized spacial score (nSPS) is 17.6. The molecule has 43 heavy (non-hydrogen) atoms. The van der Waals surface area contributed by atoms with Crippen LogP contribution in [0.15, 0.2) is 29.1 Å². The van der Waals surface area contributed by atoms with E-state index >= 15 is 0 Å². The van der Waals surface area contributed by atoms with Crippen molar-refractivity contribution in [3.05, 3.63) is 56.9 Å². The van der Waals surface area contributed by atoms with E-state index < -0.39 is 29.7 Å². The largest absolute Gasteiger partial charge is 0.463 e. The lowest BCUT2D eigenvalue weighted by Crippen LogP contribution is -2.44. The molecule has 1 unspecified atom stereocenters. The Kier molecular flexibility index (Phi) is 7.99. The second-order valence-electron chi connectivity index (χ2n) is 11.2. The number of ether oxygens (including phenoxy) is 3. The summed E-state index contributed by atoms with van der Waals surface area (Å²) in [7, 11) is 5.38. The molecule has 1 aromatic carbocycles. The van der Waals surface area contributed by atoms with Crippen LogP contribution in [-0.2, 0) is 44.4 Å². The molecular formula is C30H35N5O8. The average molecular weight is 594 g/mol. The van der Waals surface area contributed by atoms with Gasteiger partial charge in [0, 0.05) is 30.1 Å². The summed E-state index contributed by atoms with van der Waals surface area (Å²) in [5.74, 6) is -1.04. The molecule has 0 aliphatic carbocycles. The predicted octanol–water partition coefficient (Wildman–Crippen LogP) is 1.46. The van der Waals surface area contributed by atoms with Crippen LogP contribution in [0.1, 0.15) is 42.5 Å². The van der Waals surface area contributed by atoms with E-state index in [0.717, 1.165) is 16.5 Å². The molecular weight excluding hydrogens is 558 g/mol. The predicted molar refractivity (Wildman–Crippen MR) is 155 cm³/mol. The number of carbonyl (C=O) groups excluding carboxylic acids is 3. The minimum Gasteiger partial charge on any atom is -0.463 e. The number of likely N-dealkylation sites (N-methyl/N-ethyl adjacent to an activating group) is 1. The molecule has 2 aliphatic rings. The van der Waals surface area contributed by atoms with Crippen molar-refractivity contribution in [1.82, 2.24) is 19.4 Å². The number of fused-ring (bicyclic) bond motifs is 5. The summed E-state index contributed by atoms with van der Waals surface area (Å²) in [4.78, 5) is 58.6. The summed E-state index contributed by atoms with van der Waals surface area (Å²) in [6, 6.07) is 6.03. The van der Waals surface area contributed by atoms with Crippen LogP contribution in [0.2, 0.25) is 0 Å². The van der Waals surface area contributed by atoms with E-state index in [1.165, 1.54) is 18.9 Å². The number of hydrogen-bond donors (Lipinski definition) is 2. The van der Waals surface area contributed by atoms with Gasteiger partial charge in [-0.25, -0.2) is 14.6 Å². The zero-order valence-electron chi connectivity index (χ0n) is 24.8. The Hall–Kier alpha value is -4.33. The number of nitrogens with two attached hydrogens (primary N) is 1. The van der Waals surface area contributed by atoms with Gasteiger partial charge < -0.3 is 39.4 Å². The third-order valence-corrected chi connectivity index (χ3v) is 7.81. The van der Waals surface area contributed by atoms with Gasteiger partial charge in [-0.05, 0) is 57.3 Å². The van der Waals surface area contributed by atoms with Gasteiger partial charge in [0.25, 0.3) is 5.56 Å². The zero-order valence-corrected chi connectivity index (χ0v) is 24.8. The number of cyclic esters (lactones) is 1. The summed E-state index contributed by atoms with van der Waals surface area (Å²) >= 11 is 0. The van der Waals surface area contributed by atoms with Crippen LogP contribution in [-0.4, -0.2) is 82.8 Å². The van der Waals surface area contributed by atoms with Crippen molar-refractivity contribution in [1.29, 1.82) is 0 Å². The maximum absolute atomic E-state index is 13.6. The highest BCUT2D eigenvalue weighted by Gasteiger charge is 2.45. The van der Waals surface area contributed by atoms with E-state index in [-0.39, 0.29) is 49.4 Å². The molecule has 0 saturated heterocycles. The maximum atomic E-state index is 13.6. The number of nitrogens with zero attached hydrogens (tertiary/aromatic N) is 4. The van der Waals surface area contributed by atoms with E-state index in [0.29, 0.717) is 29.2 Å². The number of pyridine rings is 2. The number of aliphatic hydroxyl groups is 1. The minimum atomic E-state index is -1.91. The van der Waals surface area contributed by atoms with Gasteiger partial charge in [-0.1, -0.05) is 6.92 Å². The summed E-state index contributed by atoms with van der Waals surface area (Å²) < 4.78 is 17.4.